The van der Waals surface area contributed by atoms with Crippen molar-refractivity contribution in [2.45, 2.75) is 37.1 Å². The summed E-state index contributed by atoms with van der Waals surface area (Å²) >= 11 is 1.48. The predicted octanol–water partition coefficient (Wildman–Crippen LogP) is 5.03. The van der Waals surface area contributed by atoms with E-state index in [1.807, 2.05) is 12.1 Å². The lowest BCUT2D eigenvalue weighted by molar-refractivity contribution is 0.552. The number of hydrogen-bond donors (Lipinski definition) is 1. The van der Waals surface area contributed by atoms with Gasteiger partial charge in [0.05, 0.1) is 0 Å². The van der Waals surface area contributed by atoms with Gasteiger partial charge >= 0.3 is 0 Å². The van der Waals surface area contributed by atoms with Crippen LogP contribution in [0, 0.1) is 18.7 Å². The van der Waals surface area contributed by atoms with Crippen LogP contribution in [0.2, 0.25) is 0 Å². The van der Waals surface area contributed by atoms with Gasteiger partial charge in [-0.25, -0.2) is 4.39 Å². The van der Waals surface area contributed by atoms with E-state index in [2.05, 4.69) is 44.3 Å². The number of rotatable bonds is 6. The Morgan fingerprint density at radius 3 is 2.52 bits per heavy atom. The van der Waals surface area contributed by atoms with Crippen LogP contribution in [0.1, 0.15) is 25.0 Å². The molecule has 0 atom stereocenters. The Balaban J connectivity index is 2.04. The van der Waals surface area contributed by atoms with E-state index in [4.69, 9.17) is 0 Å². The average Bonchev–Trinajstić information content (AvgIpc) is 2.43. The third-order valence-electron chi connectivity index (χ3n) is 3.18. The average molecular weight is 303 g/mol. The molecule has 0 unspecified atom stereocenters. The molecule has 0 aliphatic carbocycles. The van der Waals surface area contributed by atoms with Crippen LogP contribution in [-0.4, -0.2) is 6.54 Å². The largest absolute Gasteiger partial charge is 0.312 e. The van der Waals surface area contributed by atoms with E-state index in [9.17, 15) is 4.39 Å². The molecule has 0 aromatic heterocycles. The first-order chi connectivity index (χ1) is 10.1. The zero-order valence-electron chi connectivity index (χ0n) is 12.8. The maximum absolute atomic E-state index is 13.7. The minimum absolute atomic E-state index is 0.162. The lowest BCUT2D eigenvalue weighted by atomic mass is 10.1. The molecule has 1 N–H and O–H groups in total. The highest BCUT2D eigenvalue weighted by molar-refractivity contribution is 7.99. The summed E-state index contributed by atoms with van der Waals surface area (Å²) in [5, 5.41) is 3.44. The third-order valence-corrected chi connectivity index (χ3v) is 4.41. The second kappa shape index (κ2) is 7.62. The second-order valence-electron chi connectivity index (χ2n) is 5.66. The SMILES string of the molecule is Cc1cc(CNCC(C)C)ccc1Sc1ccccc1F. The fraction of sp³-hybridized carbons (Fsp3) is 0.333. The van der Waals surface area contributed by atoms with Crippen LogP contribution < -0.4 is 5.32 Å². The first-order valence-electron chi connectivity index (χ1n) is 7.29. The molecule has 0 heterocycles. The highest BCUT2D eigenvalue weighted by atomic mass is 32.2. The molecule has 0 aliphatic heterocycles. The molecule has 21 heavy (non-hydrogen) atoms. The van der Waals surface area contributed by atoms with Crippen molar-refractivity contribution in [2.24, 2.45) is 5.92 Å². The van der Waals surface area contributed by atoms with E-state index in [0.29, 0.717) is 10.8 Å². The number of nitrogens with one attached hydrogen (secondary N) is 1. The molecule has 0 bridgehead atoms. The molecule has 2 aromatic carbocycles. The van der Waals surface area contributed by atoms with Gasteiger partial charge in [0.1, 0.15) is 5.82 Å². The maximum Gasteiger partial charge on any atom is 0.137 e. The molecule has 0 spiro atoms. The molecule has 0 saturated carbocycles. The summed E-state index contributed by atoms with van der Waals surface area (Å²) in [6, 6.07) is 13.3. The van der Waals surface area contributed by atoms with Crippen molar-refractivity contribution < 1.29 is 4.39 Å². The zero-order valence-corrected chi connectivity index (χ0v) is 13.6. The van der Waals surface area contributed by atoms with Crippen LogP contribution in [-0.2, 0) is 6.54 Å². The summed E-state index contributed by atoms with van der Waals surface area (Å²) in [7, 11) is 0. The lowest BCUT2D eigenvalue weighted by Crippen LogP contribution is -2.18. The van der Waals surface area contributed by atoms with Crippen LogP contribution in [0.15, 0.2) is 52.3 Å². The fourth-order valence-corrected chi connectivity index (χ4v) is 2.99. The van der Waals surface area contributed by atoms with Gasteiger partial charge in [0, 0.05) is 16.3 Å². The van der Waals surface area contributed by atoms with E-state index >= 15 is 0 Å². The highest BCUT2D eigenvalue weighted by Gasteiger charge is 2.06. The normalized spacial score (nSPS) is 11.1. The molecule has 0 saturated heterocycles. The van der Waals surface area contributed by atoms with Gasteiger partial charge < -0.3 is 5.32 Å². The van der Waals surface area contributed by atoms with E-state index in [0.717, 1.165) is 18.0 Å². The van der Waals surface area contributed by atoms with Crippen LogP contribution in [0.5, 0.6) is 0 Å². The van der Waals surface area contributed by atoms with Crippen molar-refractivity contribution in [1.82, 2.24) is 5.32 Å². The van der Waals surface area contributed by atoms with Crippen molar-refractivity contribution >= 4 is 11.8 Å². The summed E-state index contributed by atoms with van der Waals surface area (Å²) in [6.45, 7) is 8.38. The van der Waals surface area contributed by atoms with Crippen LogP contribution in [0.4, 0.5) is 4.39 Å². The first-order valence-corrected chi connectivity index (χ1v) is 8.10. The molecule has 1 nitrogen and oxygen atoms in total. The van der Waals surface area contributed by atoms with E-state index < -0.39 is 0 Å². The van der Waals surface area contributed by atoms with E-state index in [1.54, 1.807) is 6.07 Å². The molecule has 2 rings (SSSR count). The molecule has 0 amide bonds. The molecule has 0 fully saturated rings. The van der Waals surface area contributed by atoms with Crippen LogP contribution in [0.25, 0.3) is 0 Å². The van der Waals surface area contributed by atoms with Gasteiger partial charge in [-0.15, -0.1) is 0 Å². The van der Waals surface area contributed by atoms with Crippen molar-refractivity contribution in [3.63, 3.8) is 0 Å². The first kappa shape index (κ1) is 16.1. The van der Waals surface area contributed by atoms with Crippen molar-refractivity contribution in [2.75, 3.05) is 6.54 Å². The smallest absolute Gasteiger partial charge is 0.137 e. The summed E-state index contributed by atoms with van der Waals surface area (Å²) in [6.07, 6.45) is 0. The standard InChI is InChI=1S/C18H22FNS/c1-13(2)11-20-12-15-8-9-17(14(3)10-15)21-18-7-5-4-6-16(18)19/h4-10,13,20H,11-12H2,1-3H3. The zero-order chi connectivity index (χ0) is 15.2. The van der Waals surface area contributed by atoms with Gasteiger partial charge in [0.25, 0.3) is 0 Å². The monoisotopic (exact) mass is 303 g/mol. The Hall–Kier alpha value is -1.32. The minimum Gasteiger partial charge on any atom is -0.312 e. The summed E-state index contributed by atoms with van der Waals surface area (Å²) in [5.41, 5.74) is 2.46. The van der Waals surface area contributed by atoms with Gasteiger partial charge in [0.15, 0.2) is 0 Å². The Bertz CT molecular complexity index is 596. The number of aryl methyl sites for hydroxylation is 1. The van der Waals surface area contributed by atoms with Gasteiger partial charge in [0.2, 0.25) is 0 Å². The van der Waals surface area contributed by atoms with E-state index in [-0.39, 0.29) is 5.82 Å². The van der Waals surface area contributed by atoms with Gasteiger partial charge in [-0.05, 0) is 48.7 Å². The van der Waals surface area contributed by atoms with Gasteiger partial charge in [-0.2, -0.15) is 0 Å². The Morgan fingerprint density at radius 2 is 1.86 bits per heavy atom. The Labute approximate surface area is 131 Å². The molecular formula is C18H22FNS. The lowest BCUT2D eigenvalue weighted by Gasteiger charge is -2.11. The number of halogens is 1. The van der Waals surface area contributed by atoms with E-state index in [1.165, 1.54) is 29.0 Å². The predicted molar refractivity (Wildman–Crippen MR) is 88.2 cm³/mol. The minimum atomic E-state index is -0.162. The maximum atomic E-state index is 13.7. The third kappa shape index (κ3) is 4.87. The summed E-state index contributed by atoms with van der Waals surface area (Å²) in [5.74, 6) is 0.492. The second-order valence-corrected chi connectivity index (χ2v) is 6.74. The molecule has 2 aromatic rings. The van der Waals surface area contributed by atoms with Crippen LogP contribution >= 0.6 is 11.8 Å². The molecular weight excluding hydrogens is 281 g/mol. The van der Waals surface area contributed by atoms with Gasteiger partial charge in [-0.1, -0.05) is 49.9 Å². The van der Waals surface area contributed by atoms with Crippen molar-refractivity contribution in [1.29, 1.82) is 0 Å². The summed E-state index contributed by atoms with van der Waals surface area (Å²) < 4.78 is 13.7. The highest BCUT2D eigenvalue weighted by Crippen LogP contribution is 2.32. The topological polar surface area (TPSA) is 12.0 Å². The fourth-order valence-electron chi connectivity index (χ4n) is 2.09. The summed E-state index contributed by atoms with van der Waals surface area (Å²) in [4.78, 5) is 1.78. The van der Waals surface area contributed by atoms with Crippen molar-refractivity contribution in [3.8, 4) is 0 Å². The Kier molecular flexibility index (Phi) is 5.83. The Morgan fingerprint density at radius 1 is 1.10 bits per heavy atom. The quantitative estimate of drug-likeness (QED) is 0.803. The molecule has 0 radical (unpaired) electrons. The van der Waals surface area contributed by atoms with Gasteiger partial charge in [-0.3, -0.25) is 0 Å². The molecule has 0 aliphatic rings. The number of benzene rings is 2. The number of hydrogen-bond acceptors (Lipinski definition) is 2. The van der Waals surface area contributed by atoms with Crippen LogP contribution in [0.3, 0.4) is 0 Å². The molecule has 112 valence electrons. The molecule has 3 heteroatoms. The van der Waals surface area contributed by atoms with Crippen molar-refractivity contribution in [3.05, 3.63) is 59.4 Å².